The van der Waals surface area contributed by atoms with Crippen molar-refractivity contribution in [2.24, 2.45) is 0 Å². The van der Waals surface area contributed by atoms with Crippen molar-refractivity contribution in [3.8, 4) is 11.3 Å². The number of likely N-dealkylation sites (tertiary alicyclic amines) is 1. The summed E-state index contributed by atoms with van der Waals surface area (Å²) >= 11 is 0. The standard InChI is InChI=1S/C21H26N4O2/c1-14-11-22-15(2)20(23-14)16-6-5-7-17(10-16)21(26)24-18-12-27-13-19(18)25-8-3-4-9-25/h5-7,10-11,18-19H,3-4,8-9,12-13H2,1-2H3,(H,24,26). The van der Waals surface area contributed by atoms with Crippen LogP contribution in [0.5, 0.6) is 0 Å². The van der Waals surface area contributed by atoms with Gasteiger partial charge >= 0.3 is 0 Å². The average Bonchev–Trinajstić information content (AvgIpc) is 3.35. The van der Waals surface area contributed by atoms with E-state index in [-0.39, 0.29) is 18.0 Å². The Morgan fingerprint density at radius 1 is 1.22 bits per heavy atom. The van der Waals surface area contributed by atoms with E-state index in [1.165, 1.54) is 12.8 Å². The molecule has 2 fully saturated rings. The molecule has 0 bridgehead atoms. The number of hydrogen-bond acceptors (Lipinski definition) is 5. The van der Waals surface area contributed by atoms with Crippen molar-refractivity contribution in [1.29, 1.82) is 0 Å². The van der Waals surface area contributed by atoms with E-state index in [4.69, 9.17) is 4.74 Å². The molecule has 2 atom stereocenters. The zero-order valence-corrected chi connectivity index (χ0v) is 15.9. The minimum Gasteiger partial charge on any atom is -0.378 e. The lowest BCUT2D eigenvalue weighted by Crippen LogP contribution is -2.50. The summed E-state index contributed by atoms with van der Waals surface area (Å²) in [5.41, 5.74) is 4.10. The summed E-state index contributed by atoms with van der Waals surface area (Å²) in [6.07, 6.45) is 4.22. The first-order valence-corrected chi connectivity index (χ1v) is 9.65. The molecule has 2 aliphatic rings. The lowest BCUT2D eigenvalue weighted by atomic mass is 10.0. The van der Waals surface area contributed by atoms with Crippen LogP contribution < -0.4 is 5.32 Å². The van der Waals surface area contributed by atoms with E-state index in [1.807, 2.05) is 38.1 Å². The monoisotopic (exact) mass is 366 g/mol. The van der Waals surface area contributed by atoms with Crippen molar-refractivity contribution in [2.45, 2.75) is 38.8 Å². The van der Waals surface area contributed by atoms with Gasteiger partial charge in [-0.15, -0.1) is 0 Å². The first-order chi connectivity index (χ1) is 13.1. The van der Waals surface area contributed by atoms with Crippen molar-refractivity contribution in [3.05, 3.63) is 47.4 Å². The molecule has 2 unspecified atom stereocenters. The molecule has 6 nitrogen and oxygen atoms in total. The highest BCUT2D eigenvalue weighted by atomic mass is 16.5. The van der Waals surface area contributed by atoms with Gasteiger partial charge < -0.3 is 10.1 Å². The molecule has 2 aliphatic heterocycles. The molecule has 27 heavy (non-hydrogen) atoms. The average molecular weight is 366 g/mol. The second-order valence-corrected chi connectivity index (χ2v) is 7.45. The Balaban J connectivity index is 1.51. The number of ether oxygens (including phenoxy) is 1. The van der Waals surface area contributed by atoms with Gasteiger partial charge in [-0.3, -0.25) is 14.7 Å². The number of nitrogens with zero attached hydrogens (tertiary/aromatic N) is 3. The largest absolute Gasteiger partial charge is 0.378 e. The highest BCUT2D eigenvalue weighted by molar-refractivity contribution is 5.95. The minimum atomic E-state index is -0.0604. The first kappa shape index (κ1) is 18.1. The zero-order valence-electron chi connectivity index (χ0n) is 15.9. The Hall–Kier alpha value is -2.31. The van der Waals surface area contributed by atoms with E-state index < -0.39 is 0 Å². The van der Waals surface area contributed by atoms with E-state index in [2.05, 4.69) is 20.2 Å². The van der Waals surface area contributed by atoms with Gasteiger partial charge in [-0.25, -0.2) is 4.98 Å². The van der Waals surface area contributed by atoms with Crippen LogP contribution in [0, 0.1) is 13.8 Å². The highest BCUT2D eigenvalue weighted by Gasteiger charge is 2.35. The smallest absolute Gasteiger partial charge is 0.251 e. The lowest BCUT2D eigenvalue weighted by molar-refractivity contribution is 0.0916. The Morgan fingerprint density at radius 3 is 2.85 bits per heavy atom. The number of benzene rings is 1. The third-order valence-corrected chi connectivity index (χ3v) is 5.45. The van der Waals surface area contributed by atoms with Crippen LogP contribution in [0.2, 0.25) is 0 Å². The summed E-state index contributed by atoms with van der Waals surface area (Å²) in [4.78, 5) is 24.3. The summed E-state index contributed by atoms with van der Waals surface area (Å²) in [6.45, 7) is 7.33. The van der Waals surface area contributed by atoms with Gasteiger partial charge in [0.15, 0.2) is 0 Å². The normalized spacial score (nSPS) is 22.9. The third kappa shape index (κ3) is 3.87. The molecule has 1 N–H and O–H groups in total. The summed E-state index contributed by atoms with van der Waals surface area (Å²) in [7, 11) is 0. The summed E-state index contributed by atoms with van der Waals surface area (Å²) < 4.78 is 5.67. The number of carbonyl (C=O) groups excluding carboxylic acids is 1. The molecule has 4 rings (SSSR count). The number of nitrogens with one attached hydrogen (secondary N) is 1. The molecule has 6 heteroatoms. The molecular weight excluding hydrogens is 340 g/mol. The van der Waals surface area contributed by atoms with Crippen LogP contribution in [0.15, 0.2) is 30.5 Å². The molecule has 1 aromatic heterocycles. The summed E-state index contributed by atoms with van der Waals surface area (Å²) in [5.74, 6) is -0.0604. The summed E-state index contributed by atoms with van der Waals surface area (Å²) in [6, 6.07) is 7.93. The maximum absolute atomic E-state index is 12.9. The number of hydrogen-bond donors (Lipinski definition) is 1. The molecule has 2 saturated heterocycles. The predicted octanol–water partition coefficient (Wildman–Crippen LogP) is 2.35. The van der Waals surface area contributed by atoms with Gasteiger partial charge in [0.1, 0.15) is 0 Å². The number of aryl methyl sites for hydroxylation is 2. The first-order valence-electron chi connectivity index (χ1n) is 9.65. The van der Waals surface area contributed by atoms with Crippen LogP contribution in [0.3, 0.4) is 0 Å². The molecule has 142 valence electrons. The van der Waals surface area contributed by atoms with Gasteiger partial charge in [0, 0.05) is 17.3 Å². The molecule has 2 aromatic rings. The SMILES string of the molecule is Cc1cnc(C)c(-c2cccc(C(=O)NC3COCC3N3CCCC3)c2)n1. The van der Waals surface area contributed by atoms with Crippen LogP contribution in [0.1, 0.15) is 34.6 Å². The maximum Gasteiger partial charge on any atom is 0.251 e. The number of amides is 1. The zero-order chi connectivity index (χ0) is 18.8. The van der Waals surface area contributed by atoms with Gasteiger partial charge in [-0.05, 0) is 51.9 Å². The van der Waals surface area contributed by atoms with Crippen LogP contribution in [-0.4, -0.2) is 59.2 Å². The molecule has 0 spiro atoms. The minimum absolute atomic E-state index is 0.0414. The molecule has 3 heterocycles. The fourth-order valence-corrected chi connectivity index (χ4v) is 3.98. The van der Waals surface area contributed by atoms with E-state index in [0.29, 0.717) is 18.8 Å². The Kier molecular flexibility index (Phi) is 5.18. The van der Waals surface area contributed by atoms with Crippen LogP contribution in [-0.2, 0) is 4.74 Å². The number of aromatic nitrogens is 2. The maximum atomic E-state index is 12.9. The van der Waals surface area contributed by atoms with Crippen molar-refractivity contribution in [3.63, 3.8) is 0 Å². The van der Waals surface area contributed by atoms with Gasteiger partial charge in [-0.1, -0.05) is 12.1 Å². The second kappa shape index (κ2) is 7.74. The quantitative estimate of drug-likeness (QED) is 0.900. The van der Waals surface area contributed by atoms with Crippen molar-refractivity contribution in [1.82, 2.24) is 20.2 Å². The fourth-order valence-electron chi connectivity index (χ4n) is 3.98. The van der Waals surface area contributed by atoms with E-state index in [0.717, 1.165) is 35.7 Å². The third-order valence-electron chi connectivity index (χ3n) is 5.45. The number of carbonyl (C=O) groups is 1. The van der Waals surface area contributed by atoms with E-state index >= 15 is 0 Å². The van der Waals surface area contributed by atoms with Crippen molar-refractivity contribution < 1.29 is 9.53 Å². The van der Waals surface area contributed by atoms with E-state index in [1.54, 1.807) is 6.20 Å². The van der Waals surface area contributed by atoms with Crippen molar-refractivity contribution >= 4 is 5.91 Å². The van der Waals surface area contributed by atoms with Crippen LogP contribution in [0.4, 0.5) is 0 Å². The Labute approximate surface area is 160 Å². The van der Waals surface area contributed by atoms with Crippen molar-refractivity contribution in [2.75, 3.05) is 26.3 Å². The van der Waals surface area contributed by atoms with Crippen LogP contribution >= 0.6 is 0 Å². The lowest BCUT2D eigenvalue weighted by Gasteiger charge is -2.28. The summed E-state index contributed by atoms with van der Waals surface area (Å²) in [5, 5.41) is 3.19. The van der Waals surface area contributed by atoms with Gasteiger partial charge in [0.2, 0.25) is 0 Å². The van der Waals surface area contributed by atoms with Crippen LogP contribution in [0.25, 0.3) is 11.3 Å². The molecular formula is C21H26N4O2. The predicted molar refractivity (Wildman–Crippen MR) is 104 cm³/mol. The van der Waals surface area contributed by atoms with E-state index in [9.17, 15) is 4.79 Å². The van der Waals surface area contributed by atoms with Gasteiger partial charge in [-0.2, -0.15) is 0 Å². The molecule has 0 saturated carbocycles. The molecule has 1 aromatic carbocycles. The van der Waals surface area contributed by atoms with Gasteiger partial charge in [0.25, 0.3) is 5.91 Å². The Morgan fingerprint density at radius 2 is 2.04 bits per heavy atom. The Bertz CT molecular complexity index is 833. The topological polar surface area (TPSA) is 67.3 Å². The number of rotatable bonds is 4. The van der Waals surface area contributed by atoms with Gasteiger partial charge in [0.05, 0.1) is 42.4 Å². The molecule has 0 radical (unpaired) electrons. The molecule has 0 aliphatic carbocycles. The second-order valence-electron chi connectivity index (χ2n) is 7.45. The fraction of sp³-hybridized carbons (Fsp3) is 0.476. The highest BCUT2D eigenvalue weighted by Crippen LogP contribution is 2.22. The molecule has 1 amide bonds.